The van der Waals surface area contributed by atoms with Crippen LogP contribution in [0.3, 0.4) is 0 Å². The van der Waals surface area contributed by atoms with Crippen LogP contribution in [-0.4, -0.2) is 54.2 Å². The van der Waals surface area contributed by atoms with Gasteiger partial charge >= 0.3 is 0 Å². The Hall–Kier alpha value is -1.93. The number of nitrogens with zero attached hydrogens (tertiary/aromatic N) is 4. The molecule has 0 unspecified atom stereocenters. The predicted octanol–water partition coefficient (Wildman–Crippen LogP) is 0.896. The van der Waals surface area contributed by atoms with Gasteiger partial charge in [0, 0.05) is 19.7 Å². The van der Waals surface area contributed by atoms with E-state index in [2.05, 4.69) is 4.98 Å². The van der Waals surface area contributed by atoms with Gasteiger partial charge in [0.2, 0.25) is 5.91 Å². The van der Waals surface area contributed by atoms with Gasteiger partial charge in [0.1, 0.15) is 18.6 Å². The van der Waals surface area contributed by atoms with Gasteiger partial charge in [-0.1, -0.05) is 11.6 Å². The average molecular weight is 301 g/mol. The molecular weight excluding hydrogens is 288 g/mol. The summed E-state index contributed by atoms with van der Waals surface area (Å²) in [5.41, 5.74) is -0.180. The van der Waals surface area contributed by atoms with Crippen LogP contribution in [0.4, 0.5) is 11.5 Å². The number of methoxy groups -OCH3 is 1. The standard InChI is InChI=1S/C11H13ClN4O4/c1-20-3-2-14-7-15(6-10(14)17)11-9(12)4-8(5-13-11)16(18)19/h4-5H,2-3,6-7H2,1H3. The van der Waals surface area contributed by atoms with Crippen LogP contribution in [0.2, 0.25) is 5.02 Å². The molecule has 1 amide bonds. The van der Waals surface area contributed by atoms with Crippen molar-refractivity contribution < 1.29 is 14.5 Å². The van der Waals surface area contributed by atoms with Gasteiger partial charge in [-0.15, -0.1) is 0 Å². The van der Waals surface area contributed by atoms with E-state index in [1.807, 2.05) is 0 Å². The highest BCUT2D eigenvalue weighted by Crippen LogP contribution is 2.28. The second-order valence-corrected chi connectivity index (χ2v) is 4.65. The van der Waals surface area contributed by atoms with Crippen molar-refractivity contribution in [1.82, 2.24) is 9.88 Å². The van der Waals surface area contributed by atoms with Gasteiger partial charge in [0.25, 0.3) is 5.69 Å². The molecule has 0 spiro atoms. The predicted molar refractivity (Wildman–Crippen MR) is 71.7 cm³/mol. The van der Waals surface area contributed by atoms with Crippen LogP contribution in [0.5, 0.6) is 0 Å². The molecule has 0 atom stereocenters. The summed E-state index contributed by atoms with van der Waals surface area (Å²) in [6.45, 7) is 1.42. The van der Waals surface area contributed by atoms with E-state index in [4.69, 9.17) is 16.3 Å². The number of pyridine rings is 1. The average Bonchev–Trinajstić information content (AvgIpc) is 2.77. The van der Waals surface area contributed by atoms with E-state index in [0.717, 1.165) is 6.20 Å². The van der Waals surface area contributed by atoms with Gasteiger partial charge in [-0.25, -0.2) is 4.98 Å². The summed E-state index contributed by atoms with van der Waals surface area (Å²) >= 11 is 5.99. The van der Waals surface area contributed by atoms with Gasteiger partial charge < -0.3 is 14.5 Å². The monoisotopic (exact) mass is 300 g/mol. The Morgan fingerprint density at radius 3 is 2.95 bits per heavy atom. The molecule has 2 heterocycles. The van der Waals surface area contributed by atoms with Crippen LogP contribution in [0.1, 0.15) is 0 Å². The molecule has 0 saturated carbocycles. The zero-order valence-electron chi connectivity index (χ0n) is 10.8. The van der Waals surface area contributed by atoms with E-state index < -0.39 is 4.92 Å². The molecule has 1 aromatic rings. The molecule has 108 valence electrons. The summed E-state index contributed by atoms with van der Waals surface area (Å²) in [5, 5.41) is 10.8. The van der Waals surface area contributed by atoms with Crippen molar-refractivity contribution in [1.29, 1.82) is 0 Å². The summed E-state index contributed by atoms with van der Waals surface area (Å²) in [7, 11) is 1.56. The van der Waals surface area contributed by atoms with Gasteiger partial charge in [-0.2, -0.15) is 0 Å². The molecule has 1 aliphatic heterocycles. The summed E-state index contributed by atoms with van der Waals surface area (Å²) in [6.07, 6.45) is 1.13. The molecular formula is C11H13ClN4O4. The van der Waals surface area contributed by atoms with Crippen LogP contribution in [0, 0.1) is 10.1 Å². The van der Waals surface area contributed by atoms with Crippen LogP contribution < -0.4 is 4.90 Å². The van der Waals surface area contributed by atoms with Gasteiger partial charge in [0.15, 0.2) is 0 Å². The largest absolute Gasteiger partial charge is 0.383 e. The lowest BCUT2D eigenvalue weighted by atomic mass is 10.4. The van der Waals surface area contributed by atoms with E-state index in [0.29, 0.717) is 25.6 Å². The van der Waals surface area contributed by atoms with Crippen LogP contribution in [0.15, 0.2) is 12.3 Å². The fourth-order valence-corrected chi connectivity index (χ4v) is 2.17. The Bertz CT molecular complexity index is 539. The molecule has 20 heavy (non-hydrogen) atoms. The fourth-order valence-electron chi connectivity index (χ4n) is 1.89. The van der Waals surface area contributed by atoms with E-state index in [9.17, 15) is 14.9 Å². The van der Waals surface area contributed by atoms with Gasteiger partial charge in [0.05, 0.1) is 23.2 Å². The third-order valence-electron chi connectivity index (χ3n) is 2.90. The Balaban J connectivity index is 2.13. The zero-order chi connectivity index (χ0) is 14.7. The van der Waals surface area contributed by atoms with Crippen molar-refractivity contribution in [3.63, 3.8) is 0 Å². The first-order valence-electron chi connectivity index (χ1n) is 5.84. The number of hydrogen-bond donors (Lipinski definition) is 0. The second-order valence-electron chi connectivity index (χ2n) is 4.25. The lowest BCUT2D eigenvalue weighted by Crippen LogP contribution is -2.30. The number of carbonyl (C=O) groups excluding carboxylic acids is 1. The Labute approximate surface area is 120 Å². The lowest BCUT2D eigenvalue weighted by Gasteiger charge is -2.19. The first-order chi connectivity index (χ1) is 9.52. The zero-order valence-corrected chi connectivity index (χ0v) is 11.5. The molecule has 0 radical (unpaired) electrons. The van der Waals surface area contributed by atoms with Crippen molar-refractivity contribution in [2.45, 2.75) is 0 Å². The number of amides is 1. The topological polar surface area (TPSA) is 88.8 Å². The Morgan fingerprint density at radius 2 is 2.35 bits per heavy atom. The van der Waals surface area contributed by atoms with E-state index in [1.165, 1.54) is 6.07 Å². The first kappa shape index (κ1) is 14.5. The highest BCUT2D eigenvalue weighted by atomic mass is 35.5. The minimum Gasteiger partial charge on any atom is -0.383 e. The van der Waals surface area contributed by atoms with E-state index in [-0.39, 0.29) is 23.2 Å². The molecule has 9 heteroatoms. The summed E-state index contributed by atoms with van der Waals surface area (Å²) in [4.78, 5) is 29.1. The third kappa shape index (κ3) is 2.97. The highest BCUT2D eigenvalue weighted by Gasteiger charge is 2.29. The van der Waals surface area contributed by atoms with Crippen molar-refractivity contribution in [2.24, 2.45) is 0 Å². The highest BCUT2D eigenvalue weighted by molar-refractivity contribution is 6.33. The molecule has 0 N–H and O–H groups in total. The van der Waals surface area contributed by atoms with Crippen LogP contribution in [0.25, 0.3) is 0 Å². The molecule has 0 aliphatic carbocycles. The fraction of sp³-hybridized carbons (Fsp3) is 0.455. The second kappa shape index (κ2) is 6.02. The van der Waals surface area contributed by atoms with E-state index in [1.54, 1.807) is 16.9 Å². The molecule has 1 saturated heterocycles. The lowest BCUT2D eigenvalue weighted by molar-refractivity contribution is -0.385. The minimum atomic E-state index is -0.567. The molecule has 0 aromatic carbocycles. The number of hydrogen-bond acceptors (Lipinski definition) is 6. The first-order valence-corrected chi connectivity index (χ1v) is 6.22. The Kier molecular flexibility index (Phi) is 4.35. The maximum Gasteiger partial charge on any atom is 0.289 e. The molecule has 8 nitrogen and oxygen atoms in total. The van der Waals surface area contributed by atoms with Crippen molar-refractivity contribution in [2.75, 3.05) is 38.4 Å². The number of anilines is 1. The normalized spacial score (nSPS) is 15.0. The molecule has 2 rings (SSSR count). The minimum absolute atomic E-state index is 0.0572. The Morgan fingerprint density at radius 1 is 1.60 bits per heavy atom. The number of nitro groups is 1. The maximum absolute atomic E-state index is 11.8. The maximum atomic E-state index is 11.8. The number of halogens is 1. The quantitative estimate of drug-likeness (QED) is 0.593. The summed E-state index contributed by atoms with van der Waals surface area (Å²) in [6, 6.07) is 1.23. The van der Waals surface area contributed by atoms with Gasteiger partial charge in [-0.05, 0) is 0 Å². The number of aromatic nitrogens is 1. The SMILES string of the molecule is COCCN1CN(c2ncc([N+](=O)[O-])cc2Cl)CC1=O. The summed E-state index contributed by atoms with van der Waals surface area (Å²) < 4.78 is 4.93. The van der Waals surface area contributed by atoms with Crippen LogP contribution >= 0.6 is 11.6 Å². The number of carbonyl (C=O) groups is 1. The molecule has 0 bridgehead atoms. The molecule has 1 aliphatic rings. The smallest absolute Gasteiger partial charge is 0.289 e. The number of rotatable bonds is 5. The third-order valence-corrected chi connectivity index (χ3v) is 3.18. The molecule has 1 aromatic heterocycles. The van der Waals surface area contributed by atoms with E-state index >= 15 is 0 Å². The van der Waals surface area contributed by atoms with Crippen molar-refractivity contribution >= 4 is 29.0 Å². The van der Waals surface area contributed by atoms with Crippen molar-refractivity contribution in [3.8, 4) is 0 Å². The number of ether oxygens (including phenoxy) is 1. The molecule has 1 fully saturated rings. The summed E-state index contributed by atoms with van der Waals surface area (Å²) in [5.74, 6) is 0.309. The van der Waals surface area contributed by atoms with Crippen LogP contribution in [-0.2, 0) is 9.53 Å². The van der Waals surface area contributed by atoms with Gasteiger partial charge in [-0.3, -0.25) is 14.9 Å². The van der Waals surface area contributed by atoms with Crippen molar-refractivity contribution in [3.05, 3.63) is 27.4 Å².